The van der Waals surface area contributed by atoms with Crippen LogP contribution in [0, 0.1) is 11.3 Å². The molecule has 0 amide bonds. The van der Waals surface area contributed by atoms with Crippen LogP contribution in [0.2, 0.25) is 0 Å². The molecule has 2 aromatic carbocycles. The first-order chi connectivity index (χ1) is 10.3. The summed E-state index contributed by atoms with van der Waals surface area (Å²) in [6, 6.07) is 8.23. The molecule has 0 bridgehead atoms. The predicted octanol–water partition coefficient (Wildman–Crippen LogP) is 5.43. The smallest absolute Gasteiger partial charge is 0.416 e. The number of hydrogen-bond donors (Lipinski definition) is 1. The summed E-state index contributed by atoms with van der Waals surface area (Å²) in [5.41, 5.74) is -0.183. The maximum absolute atomic E-state index is 13.0. The van der Waals surface area contributed by atoms with Crippen LogP contribution in [0.15, 0.2) is 39.7 Å². The van der Waals surface area contributed by atoms with E-state index in [0.717, 1.165) is 12.1 Å². The second-order valence-corrected chi connectivity index (χ2v) is 6.15. The zero-order chi connectivity index (χ0) is 16.5. The summed E-state index contributed by atoms with van der Waals surface area (Å²) in [6.07, 6.45) is -2.82. The highest BCUT2D eigenvalue weighted by Gasteiger charge is 2.31. The van der Waals surface area contributed by atoms with Gasteiger partial charge in [-0.3, -0.25) is 0 Å². The Kier molecular flexibility index (Phi) is 4.73. The molecule has 114 valence electrons. The van der Waals surface area contributed by atoms with Crippen molar-refractivity contribution in [1.82, 2.24) is 0 Å². The largest absolute Gasteiger partial charge is 0.506 e. The van der Waals surface area contributed by atoms with Gasteiger partial charge >= 0.3 is 6.18 Å². The van der Waals surface area contributed by atoms with Gasteiger partial charge in [0.25, 0.3) is 0 Å². The molecule has 2 rings (SSSR count). The van der Waals surface area contributed by atoms with Gasteiger partial charge in [0.05, 0.1) is 21.7 Å². The first-order valence-corrected chi connectivity index (χ1v) is 7.97. The highest BCUT2D eigenvalue weighted by atomic mass is 79.9. The number of phenolic OH excluding ortho intramolecular Hbond substituents is 1. The molecule has 0 aromatic heterocycles. The number of benzene rings is 2. The Morgan fingerprint density at radius 3 is 2.41 bits per heavy atom. The van der Waals surface area contributed by atoms with Crippen molar-refractivity contribution >= 4 is 27.7 Å². The number of aromatic hydroxyl groups is 1. The summed E-state index contributed by atoms with van der Waals surface area (Å²) < 4.78 is 39.2. The molecule has 0 heterocycles. The van der Waals surface area contributed by atoms with Gasteiger partial charge in [-0.2, -0.15) is 18.4 Å². The van der Waals surface area contributed by atoms with Crippen LogP contribution < -0.4 is 0 Å². The van der Waals surface area contributed by atoms with Gasteiger partial charge in [-0.15, -0.1) is 11.8 Å². The monoisotopic (exact) mass is 387 g/mol. The molecular formula is C15H9BrF3NOS. The lowest BCUT2D eigenvalue weighted by atomic mass is 10.00. The fraction of sp³-hybridized carbons (Fsp3) is 0.133. The SMILES string of the molecule is CSc1cc(-c2cc(C#N)cc(Br)c2O)cc(C(F)(F)F)c1. The standard InChI is InChI=1S/C15H9BrF3NOS/c1-22-11-5-9(4-10(6-11)15(17,18)19)12-2-8(7-20)3-13(16)14(12)21/h2-6,21H,1H3. The van der Waals surface area contributed by atoms with E-state index in [9.17, 15) is 18.3 Å². The van der Waals surface area contributed by atoms with E-state index in [4.69, 9.17) is 5.26 Å². The molecule has 0 saturated carbocycles. The lowest BCUT2D eigenvalue weighted by Crippen LogP contribution is -2.05. The van der Waals surface area contributed by atoms with E-state index in [2.05, 4.69) is 15.9 Å². The molecule has 0 saturated heterocycles. The van der Waals surface area contributed by atoms with Gasteiger partial charge in [-0.25, -0.2) is 0 Å². The summed E-state index contributed by atoms with van der Waals surface area (Å²) in [7, 11) is 0. The van der Waals surface area contributed by atoms with Gasteiger partial charge in [-0.05, 0) is 58.1 Å². The second kappa shape index (κ2) is 6.23. The molecule has 7 heteroatoms. The highest BCUT2D eigenvalue weighted by Crippen LogP contribution is 2.40. The molecule has 2 nitrogen and oxygen atoms in total. The first kappa shape index (κ1) is 16.7. The number of nitrogens with zero attached hydrogens (tertiary/aromatic N) is 1. The van der Waals surface area contributed by atoms with Gasteiger partial charge in [0.1, 0.15) is 5.75 Å². The number of nitriles is 1. The Hall–Kier alpha value is -1.65. The van der Waals surface area contributed by atoms with Gasteiger partial charge in [0.2, 0.25) is 0 Å². The molecule has 0 radical (unpaired) electrons. The van der Waals surface area contributed by atoms with Crippen LogP contribution in [-0.4, -0.2) is 11.4 Å². The molecule has 22 heavy (non-hydrogen) atoms. The van der Waals surface area contributed by atoms with Gasteiger partial charge in [0.15, 0.2) is 0 Å². The summed E-state index contributed by atoms with van der Waals surface area (Å²) >= 11 is 4.27. The first-order valence-electron chi connectivity index (χ1n) is 5.95. The van der Waals surface area contributed by atoms with Crippen molar-refractivity contribution in [3.05, 3.63) is 45.9 Å². The van der Waals surface area contributed by atoms with Crippen molar-refractivity contribution in [2.45, 2.75) is 11.1 Å². The van der Waals surface area contributed by atoms with E-state index in [1.54, 1.807) is 12.3 Å². The fourth-order valence-electron chi connectivity index (χ4n) is 1.92. The quantitative estimate of drug-likeness (QED) is 0.698. The minimum atomic E-state index is -4.49. The molecule has 0 spiro atoms. The molecule has 0 aliphatic carbocycles. The Labute approximate surface area is 137 Å². The van der Waals surface area contributed by atoms with Crippen molar-refractivity contribution in [1.29, 1.82) is 5.26 Å². The van der Waals surface area contributed by atoms with Crippen molar-refractivity contribution in [2.24, 2.45) is 0 Å². The Morgan fingerprint density at radius 2 is 1.86 bits per heavy atom. The molecule has 2 aromatic rings. The normalized spacial score (nSPS) is 11.3. The summed E-state index contributed by atoms with van der Waals surface area (Å²) in [5.74, 6) is -0.203. The topological polar surface area (TPSA) is 44.0 Å². The third kappa shape index (κ3) is 3.39. The van der Waals surface area contributed by atoms with Crippen molar-refractivity contribution in [2.75, 3.05) is 6.26 Å². The molecular weight excluding hydrogens is 379 g/mol. The third-order valence-corrected chi connectivity index (χ3v) is 4.28. The van der Waals surface area contributed by atoms with Crippen LogP contribution in [0.1, 0.15) is 11.1 Å². The number of alkyl halides is 3. The van der Waals surface area contributed by atoms with E-state index in [0.29, 0.717) is 4.90 Å². The minimum absolute atomic E-state index is 0.173. The lowest BCUT2D eigenvalue weighted by molar-refractivity contribution is -0.137. The number of rotatable bonds is 2. The highest BCUT2D eigenvalue weighted by molar-refractivity contribution is 9.10. The van der Waals surface area contributed by atoms with E-state index in [1.165, 1.54) is 23.9 Å². The third-order valence-electron chi connectivity index (χ3n) is 2.97. The number of hydrogen-bond acceptors (Lipinski definition) is 3. The Balaban J connectivity index is 2.73. The average Bonchev–Trinajstić information content (AvgIpc) is 2.48. The van der Waals surface area contributed by atoms with E-state index in [1.807, 2.05) is 6.07 Å². The average molecular weight is 388 g/mol. The van der Waals surface area contributed by atoms with Gasteiger partial charge < -0.3 is 5.11 Å². The molecule has 0 aliphatic rings. The Morgan fingerprint density at radius 1 is 1.18 bits per heavy atom. The van der Waals surface area contributed by atoms with Gasteiger partial charge in [-0.1, -0.05) is 0 Å². The van der Waals surface area contributed by atoms with Crippen LogP contribution in [0.4, 0.5) is 13.2 Å². The Bertz CT molecular complexity index is 769. The maximum atomic E-state index is 13.0. The van der Waals surface area contributed by atoms with Crippen LogP contribution in [0.5, 0.6) is 5.75 Å². The zero-order valence-corrected chi connectivity index (χ0v) is 13.6. The van der Waals surface area contributed by atoms with Crippen molar-refractivity contribution < 1.29 is 18.3 Å². The molecule has 0 unspecified atom stereocenters. The molecule has 0 aliphatic heterocycles. The number of halogens is 4. The maximum Gasteiger partial charge on any atom is 0.416 e. The van der Waals surface area contributed by atoms with Crippen molar-refractivity contribution in [3.63, 3.8) is 0 Å². The lowest BCUT2D eigenvalue weighted by Gasteiger charge is -2.13. The van der Waals surface area contributed by atoms with E-state index in [-0.39, 0.29) is 26.9 Å². The van der Waals surface area contributed by atoms with Crippen LogP contribution in [-0.2, 0) is 6.18 Å². The van der Waals surface area contributed by atoms with Crippen LogP contribution in [0.3, 0.4) is 0 Å². The van der Waals surface area contributed by atoms with Crippen LogP contribution in [0.25, 0.3) is 11.1 Å². The second-order valence-electron chi connectivity index (χ2n) is 4.41. The molecule has 0 atom stereocenters. The summed E-state index contributed by atoms with van der Waals surface area (Å²) in [6.45, 7) is 0. The fourth-order valence-corrected chi connectivity index (χ4v) is 2.87. The van der Waals surface area contributed by atoms with E-state index >= 15 is 0 Å². The summed E-state index contributed by atoms with van der Waals surface area (Å²) in [4.78, 5) is 0.419. The van der Waals surface area contributed by atoms with Gasteiger partial charge in [0, 0.05) is 10.5 Å². The van der Waals surface area contributed by atoms with Crippen LogP contribution >= 0.6 is 27.7 Å². The predicted molar refractivity (Wildman–Crippen MR) is 82.7 cm³/mol. The molecule has 1 N–H and O–H groups in total. The number of phenols is 1. The minimum Gasteiger partial charge on any atom is -0.506 e. The summed E-state index contributed by atoms with van der Waals surface area (Å²) in [5, 5.41) is 19.1. The zero-order valence-electron chi connectivity index (χ0n) is 11.2. The van der Waals surface area contributed by atoms with Crippen molar-refractivity contribution in [3.8, 4) is 22.9 Å². The van der Waals surface area contributed by atoms with E-state index < -0.39 is 11.7 Å². The molecule has 0 fully saturated rings. The number of thioether (sulfide) groups is 1.